The maximum absolute atomic E-state index is 13.7. The highest BCUT2D eigenvalue weighted by Gasteiger charge is 2.25. The summed E-state index contributed by atoms with van der Waals surface area (Å²) in [5.41, 5.74) is 2.51. The van der Waals surface area contributed by atoms with Gasteiger partial charge in [0, 0.05) is 19.2 Å². The van der Waals surface area contributed by atoms with Crippen LogP contribution in [0.1, 0.15) is 24.0 Å². The van der Waals surface area contributed by atoms with Crippen LogP contribution in [0, 0.1) is 11.7 Å². The average Bonchev–Trinajstić information content (AvgIpc) is 3.37. The standard InChI is InChI=1S/C20H21FN2O3/c1-25-17-6-4-14-10-23(11-15(14)8-17)20(24)22-18-9-16(21)5-7-19(18)26-12-13-2-3-13/h4-9,13H,2-3,10-12H2,1H3,(H,22,24). The Labute approximate surface area is 151 Å². The van der Waals surface area contributed by atoms with Crippen molar-refractivity contribution in [3.63, 3.8) is 0 Å². The molecule has 6 heteroatoms. The first-order valence-electron chi connectivity index (χ1n) is 8.76. The molecule has 0 unspecified atom stereocenters. The molecule has 0 saturated heterocycles. The van der Waals surface area contributed by atoms with Crippen LogP contribution in [0.15, 0.2) is 36.4 Å². The summed E-state index contributed by atoms with van der Waals surface area (Å²) in [6.45, 7) is 1.61. The molecule has 0 atom stereocenters. The highest BCUT2D eigenvalue weighted by Crippen LogP contribution is 2.33. The van der Waals surface area contributed by atoms with Gasteiger partial charge in [-0.1, -0.05) is 6.07 Å². The van der Waals surface area contributed by atoms with Gasteiger partial charge < -0.3 is 19.7 Å². The zero-order valence-electron chi connectivity index (χ0n) is 14.6. The van der Waals surface area contributed by atoms with Crippen molar-refractivity contribution in [3.8, 4) is 11.5 Å². The molecule has 1 saturated carbocycles. The lowest BCUT2D eigenvalue weighted by Crippen LogP contribution is -2.30. The molecule has 1 aliphatic carbocycles. The summed E-state index contributed by atoms with van der Waals surface area (Å²) in [6.07, 6.45) is 2.33. The molecule has 2 amide bonds. The smallest absolute Gasteiger partial charge is 0.322 e. The Balaban J connectivity index is 1.45. The minimum absolute atomic E-state index is 0.276. The van der Waals surface area contributed by atoms with E-state index in [0.29, 0.717) is 37.1 Å². The Morgan fingerprint density at radius 1 is 1.19 bits per heavy atom. The van der Waals surface area contributed by atoms with Crippen molar-refractivity contribution in [2.75, 3.05) is 19.0 Å². The molecule has 2 aromatic rings. The van der Waals surface area contributed by atoms with Crippen molar-refractivity contribution >= 4 is 11.7 Å². The summed E-state index contributed by atoms with van der Waals surface area (Å²) in [5.74, 6) is 1.44. The number of urea groups is 1. The molecule has 2 aromatic carbocycles. The number of carbonyl (C=O) groups excluding carboxylic acids is 1. The van der Waals surface area contributed by atoms with Crippen LogP contribution in [0.2, 0.25) is 0 Å². The summed E-state index contributed by atoms with van der Waals surface area (Å²) in [5, 5.41) is 2.79. The molecule has 136 valence electrons. The minimum atomic E-state index is -0.409. The van der Waals surface area contributed by atoms with Crippen molar-refractivity contribution in [3.05, 3.63) is 53.3 Å². The molecule has 4 rings (SSSR count). The zero-order valence-corrected chi connectivity index (χ0v) is 14.6. The van der Waals surface area contributed by atoms with Crippen molar-refractivity contribution < 1.29 is 18.7 Å². The quantitative estimate of drug-likeness (QED) is 0.875. The highest BCUT2D eigenvalue weighted by atomic mass is 19.1. The van der Waals surface area contributed by atoms with Crippen LogP contribution in [0.3, 0.4) is 0 Å². The number of anilines is 1. The number of halogens is 1. The van der Waals surface area contributed by atoms with E-state index in [1.807, 2.05) is 18.2 Å². The van der Waals surface area contributed by atoms with Gasteiger partial charge in [-0.3, -0.25) is 0 Å². The monoisotopic (exact) mass is 356 g/mol. The van der Waals surface area contributed by atoms with Crippen LogP contribution in [0.4, 0.5) is 14.9 Å². The average molecular weight is 356 g/mol. The fraction of sp³-hybridized carbons (Fsp3) is 0.350. The molecule has 26 heavy (non-hydrogen) atoms. The van der Waals surface area contributed by atoms with E-state index in [-0.39, 0.29) is 6.03 Å². The lowest BCUT2D eigenvalue weighted by atomic mass is 10.1. The topological polar surface area (TPSA) is 50.8 Å². The first-order valence-corrected chi connectivity index (χ1v) is 8.76. The predicted octanol–water partition coefficient (Wildman–Crippen LogP) is 4.17. The Morgan fingerprint density at radius 3 is 2.77 bits per heavy atom. The van der Waals surface area contributed by atoms with E-state index >= 15 is 0 Å². The SMILES string of the molecule is COc1ccc2c(c1)CN(C(=O)Nc1cc(F)ccc1OCC1CC1)C2. The van der Waals surface area contributed by atoms with Gasteiger partial charge in [0.15, 0.2) is 0 Å². The van der Waals surface area contributed by atoms with E-state index in [9.17, 15) is 9.18 Å². The summed E-state index contributed by atoms with van der Waals surface area (Å²) in [7, 11) is 1.62. The molecule has 1 N–H and O–H groups in total. The van der Waals surface area contributed by atoms with Gasteiger partial charge in [0.25, 0.3) is 0 Å². The molecular formula is C20H21FN2O3. The normalized spacial score (nSPS) is 15.5. The van der Waals surface area contributed by atoms with Gasteiger partial charge in [-0.2, -0.15) is 0 Å². The molecular weight excluding hydrogens is 335 g/mol. The number of rotatable bonds is 5. The van der Waals surface area contributed by atoms with E-state index in [0.717, 1.165) is 16.9 Å². The van der Waals surface area contributed by atoms with Crippen LogP contribution in [0.5, 0.6) is 11.5 Å². The number of ether oxygens (including phenoxy) is 2. The van der Waals surface area contributed by atoms with Crippen LogP contribution in [0.25, 0.3) is 0 Å². The number of carbonyl (C=O) groups is 1. The summed E-state index contributed by atoms with van der Waals surface area (Å²) < 4.78 is 24.6. The Hall–Kier alpha value is -2.76. The van der Waals surface area contributed by atoms with E-state index in [1.54, 1.807) is 18.1 Å². The third-order valence-corrected chi connectivity index (χ3v) is 4.78. The fourth-order valence-corrected chi connectivity index (χ4v) is 3.05. The predicted molar refractivity (Wildman–Crippen MR) is 95.9 cm³/mol. The van der Waals surface area contributed by atoms with Gasteiger partial charge in [0.1, 0.15) is 17.3 Å². The molecule has 5 nitrogen and oxygen atoms in total. The summed E-state index contributed by atoms with van der Waals surface area (Å²) >= 11 is 0. The van der Waals surface area contributed by atoms with Gasteiger partial charge in [-0.15, -0.1) is 0 Å². The largest absolute Gasteiger partial charge is 0.497 e. The molecule has 1 fully saturated rings. The van der Waals surface area contributed by atoms with E-state index in [4.69, 9.17) is 9.47 Å². The minimum Gasteiger partial charge on any atom is -0.497 e. The van der Waals surface area contributed by atoms with E-state index in [1.165, 1.54) is 25.0 Å². The second-order valence-corrected chi connectivity index (χ2v) is 6.82. The molecule has 0 bridgehead atoms. The maximum atomic E-state index is 13.7. The number of nitrogens with zero attached hydrogens (tertiary/aromatic N) is 1. The van der Waals surface area contributed by atoms with Crippen molar-refractivity contribution in [2.45, 2.75) is 25.9 Å². The van der Waals surface area contributed by atoms with Crippen molar-refractivity contribution in [2.24, 2.45) is 5.92 Å². The number of amides is 2. The third-order valence-electron chi connectivity index (χ3n) is 4.78. The first kappa shape index (κ1) is 16.7. The first-order chi connectivity index (χ1) is 12.6. The fourth-order valence-electron chi connectivity index (χ4n) is 3.05. The number of hydrogen-bond acceptors (Lipinski definition) is 3. The maximum Gasteiger partial charge on any atom is 0.322 e. The van der Waals surface area contributed by atoms with Crippen LogP contribution >= 0.6 is 0 Å². The van der Waals surface area contributed by atoms with Gasteiger partial charge in [0.2, 0.25) is 0 Å². The highest BCUT2D eigenvalue weighted by molar-refractivity contribution is 5.91. The number of hydrogen-bond donors (Lipinski definition) is 1. The number of nitrogens with one attached hydrogen (secondary N) is 1. The molecule has 0 radical (unpaired) electrons. The lowest BCUT2D eigenvalue weighted by molar-refractivity contribution is 0.212. The Bertz CT molecular complexity index is 836. The third kappa shape index (κ3) is 3.59. The van der Waals surface area contributed by atoms with Crippen LogP contribution in [-0.2, 0) is 13.1 Å². The van der Waals surface area contributed by atoms with Crippen molar-refractivity contribution in [1.29, 1.82) is 0 Å². The second-order valence-electron chi connectivity index (χ2n) is 6.82. The van der Waals surface area contributed by atoms with Crippen LogP contribution in [-0.4, -0.2) is 24.6 Å². The molecule has 0 spiro atoms. The zero-order chi connectivity index (χ0) is 18.1. The van der Waals surface area contributed by atoms with Gasteiger partial charge in [-0.25, -0.2) is 9.18 Å². The van der Waals surface area contributed by atoms with E-state index in [2.05, 4.69) is 5.32 Å². The van der Waals surface area contributed by atoms with Gasteiger partial charge in [0.05, 0.1) is 19.4 Å². The van der Waals surface area contributed by atoms with E-state index < -0.39 is 5.82 Å². The molecule has 1 heterocycles. The van der Waals surface area contributed by atoms with Gasteiger partial charge >= 0.3 is 6.03 Å². The number of fused-ring (bicyclic) bond motifs is 1. The second kappa shape index (κ2) is 6.86. The summed E-state index contributed by atoms with van der Waals surface area (Å²) in [6, 6.07) is 9.72. The molecule has 0 aromatic heterocycles. The van der Waals surface area contributed by atoms with Gasteiger partial charge in [-0.05, 0) is 54.2 Å². The van der Waals surface area contributed by atoms with Crippen molar-refractivity contribution in [1.82, 2.24) is 4.90 Å². The molecule has 1 aliphatic heterocycles. The Kier molecular flexibility index (Phi) is 4.41. The lowest BCUT2D eigenvalue weighted by Gasteiger charge is -2.18. The summed E-state index contributed by atoms with van der Waals surface area (Å²) in [4.78, 5) is 14.3. The van der Waals surface area contributed by atoms with Crippen LogP contribution < -0.4 is 14.8 Å². The Morgan fingerprint density at radius 2 is 2.00 bits per heavy atom. The number of benzene rings is 2. The molecule has 2 aliphatic rings. The number of methoxy groups -OCH3 is 1.